The summed E-state index contributed by atoms with van der Waals surface area (Å²) in [5.41, 5.74) is 2.96. The smallest absolute Gasteiger partial charge is 0.243 e. The fraction of sp³-hybridized carbons (Fsp3) is 0.240. The van der Waals surface area contributed by atoms with E-state index in [1.54, 1.807) is 36.4 Å². The first kappa shape index (κ1) is 24.0. The molecule has 0 bridgehead atoms. The average Bonchev–Trinajstić information content (AvgIpc) is 2.80. The number of hydrogen-bond donors (Lipinski definition) is 1. The van der Waals surface area contributed by atoms with Crippen LogP contribution in [-0.2, 0) is 27.8 Å². The molecule has 3 aromatic carbocycles. The summed E-state index contributed by atoms with van der Waals surface area (Å²) in [6, 6.07) is 21.4. The Balaban J connectivity index is 1.59. The molecule has 0 aromatic heterocycles. The molecule has 0 saturated heterocycles. The lowest BCUT2D eigenvalue weighted by atomic mass is 9.88. The molecule has 1 N–H and O–H groups in total. The summed E-state index contributed by atoms with van der Waals surface area (Å²) in [5, 5.41) is 3.51. The van der Waals surface area contributed by atoms with Crippen molar-refractivity contribution in [3.8, 4) is 0 Å². The van der Waals surface area contributed by atoms with E-state index in [4.69, 9.17) is 11.6 Å². The number of aryl methyl sites for hydroxylation is 1. The molecule has 1 aliphatic carbocycles. The molecule has 33 heavy (non-hydrogen) atoms. The first-order valence-corrected chi connectivity index (χ1v) is 13.3. The van der Waals surface area contributed by atoms with Gasteiger partial charge in [-0.05, 0) is 66.3 Å². The van der Waals surface area contributed by atoms with E-state index in [0.29, 0.717) is 10.6 Å². The Morgan fingerprint density at radius 2 is 1.73 bits per heavy atom. The molecule has 0 aliphatic heterocycles. The number of nitrogens with one attached hydrogen (secondary N) is 1. The lowest BCUT2D eigenvalue weighted by Gasteiger charge is -2.28. The minimum absolute atomic E-state index is 0.00720. The highest BCUT2D eigenvalue weighted by molar-refractivity contribution is 9.10. The van der Waals surface area contributed by atoms with Crippen molar-refractivity contribution in [2.24, 2.45) is 0 Å². The zero-order valence-corrected chi connectivity index (χ0v) is 21.0. The fourth-order valence-electron chi connectivity index (χ4n) is 4.10. The molecular weight excluding hydrogens is 524 g/mol. The monoisotopic (exact) mass is 546 g/mol. The maximum absolute atomic E-state index is 13.5. The Morgan fingerprint density at radius 3 is 2.48 bits per heavy atom. The summed E-state index contributed by atoms with van der Waals surface area (Å²) in [5.74, 6) is -0.343. The van der Waals surface area contributed by atoms with E-state index in [9.17, 15) is 13.2 Å². The molecule has 5 nitrogen and oxygen atoms in total. The predicted molar refractivity (Wildman–Crippen MR) is 133 cm³/mol. The number of sulfonamides is 1. The maximum Gasteiger partial charge on any atom is 0.243 e. The average molecular weight is 548 g/mol. The zero-order chi connectivity index (χ0) is 23.4. The number of hydrogen-bond acceptors (Lipinski definition) is 3. The van der Waals surface area contributed by atoms with Crippen LogP contribution >= 0.6 is 27.5 Å². The van der Waals surface area contributed by atoms with Crippen LogP contribution in [0.1, 0.15) is 35.6 Å². The predicted octanol–water partition coefficient (Wildman–Crippen LogP) is 5.49. The molecule has 8 heteroatoms. The summed E-state index contributed by atoms with van der Waals surface area (Å²) >= 11 is 9.64. The van der Waals surface area contributed by atoms with E-state index >= 15 is 0 Å². The lowest BCUT2D eigenvalue weighted by molar-refractivity contribution is -0.122. The van der Waals surface area contributed by atoms with Crippen molar-refractivity contribution in [1.29, 1.82) is 0 Å². The number of rotatable bonds is 7. The summed E-state index contributed by atoms with van der Waals surface area (Å²) < 4.78 is 28.9. The van der Waals surface area contributed by atoms with Crippen molar-refractivity contribution < 1.29 is 13.2 Å². The van der Waals surface area contributed by atoms with Gasteiger partial charge in [0.05, 0.1) is 17.5 Å². The molecule has 4 rings (SSSR count). The highest BCUT2D eigenvalue weighted by atomic mass is 79.9. The van der Waals surface area contributed by atoms with E-state index in [-0.39, 0.29) is 29.9 Å². The SMILES string of the molecule is O=C(CN(Cc1ccccc1Cl)S(=O)(=O)c1ccc(Br)cc1)N[C@@H]1CCCc2ccccc21. The third-order valence-electron chi connectivity index (χ3n) is 5.78. The van der Waals surface area contributed by atoms with Crippen LogP contribution in [0.3, 0.4) is 0 Å². The van der Waals surface area contributed by atoms with Gasteiger partial charge in [0, 0.05) is 16.0 Å². The van der Waals surface area contributed by atoms with Gasteiger partial charge in [-0.2, -0.15) is 4.31 Å². The van der Waals surface area contributed by atoms with Gasteiger partial charge in [-0.15, -0.1) is 0 Å². The number of amides is 1. The van der Waals surface area contributed by atoms with Gasteiger partial charge in [0.1, 0.15) is 0 Å². The minimum Gasteiger partial charge on any atom is -0.348 e. The molecule has 0 saturated carbocycles. The van der Waals surface area contributed by atoms with Crippen LogP contribution < -0.4 is 5.32 Å². The molecule has 1 aliphatic rings. The standard InChI is InChI=1S/C25H24BrClN2O3S/c26-20-12-14-21(15-13-20)33(31,32)29(16-19-7-2-4-10-23(19)27)17-25(30)28-24-11-5-8-18-6-1-3-9-22(18)24/h1-4,6-7,9-10,12-15,24H,5,8,11,16-17H2,(H,28,30)/t24-/m1/s1. The van der Waals surface area contributed by atoms with Gasteiger partial charge in [-0.1, -0.05) is 70.0 Å². The van der Waals surface area contributed by atoms with E-state index < -0.39 is 10.0 Å². The summed E-state index contributed by atoms with van der Waals surface area (Å²) in [6.07, 6.45) is 2.79. The van der Waals surface area contributed by atoms with Crippen molar-refractivity contribution in [2.75, 3.05) is 6.54 Å². The molecular formula is C25H24BrClN2O3S. The molecule has 172 valence electrons. The highest BCUT2D eigenvalue weighted by Crippen LogP contribution is 2.30. The van der Waals surface area contributed by atoms with Crippen LogP contribution in [0.5, 0.6) is 0 Å². The van der Waals surface area contributed by atoms with E-state index in [1.165, 1.54) is 22.0 Å². The first-order chi connectivity index (χ1) is 15.8. The fourth-order valence-corrected chi connectivity index (χ4v) is 5.94. The summed E-state index contributed by atoms with van der Waals surface area (Å²) in [7, 11) is -3.94. The van der Waals surface area contributed by atoms with Crippen LogP contribution in [0.15, 0.2) is 82.2 Å². The molecule has 1 amide bonds. The number of halogens is 2. The Labute approximate surface area is 207 Å². The largest absolute Gasteiger partial charge is 0.348 e. The highest BCUT2D eigenvalue weighted by Gasteiger charge is 2.29. The van der Waals surface area contributed by atoms with Gasteiger partial charge in [-0.25, -0.2) is 8.42 Å². The third-order valence-corrected chi connectivity index (χ3v) is 8.48. The molecule has 0 spiro atoms. The van der Waals surface area contributed by atoms with Crippen LogP contribution in [0.25, 0.3) is 0 Å². The topological polar surface area (TPSA) is 66.5 Å². The van der Waals surface area contributed by atoms with Gasteiger partial charge in [-0.3, -0.25) is 4.79 Å². The Kier molecular flexibility index (Phi) is 7.54. The number of carbonyl (C=O) groups excluding carboxylic acids is 1. The molecule has 0 fully saturated rings. The van der Waals surface area contributed by atoms with E-state index in [2.05, 4.69) is 27.3 Å². The minimum atomic E-state index is -3.94. The van der Waals surface area contributed by atoms with Gasteiger partial charge in [0.15, 0.2) is 0 Å². The van der Waals surface area contributed by atoms with Gasteiger partial charge in [0.2, 0.25) is 15.9 Å². The Bertz CT molecular complexity index is 1250. The summed E-state index contributed by atoms with van der Waals surface area (Å²) in [4.78, 5) is 13.2. The second-order valence-electron chi connectivity index (χ2n) is 8.03. The second kappa shape index (κ2) is 10.4. The normalized spacial score (nSPS) is 15.8. The molecule has 0 unspecified atom stereocenters. The maximum atomic E-state index is 13.5. The lowest BCUT2D eigenvalue weighted by Crippen LogP contribution is -2.42. The number of carbonyl (C=O) groups is 1. The van der Waals surface area contributed by atoms with Crippen LogP contribution in [0, 0.1) is 0 Å². The van der Waals surface area contributed by atoms with Gasteiger partial charge in [0.25, 0.3) is 0 Å². The number of benzene rings is 3. The van der Waals surface area contributed by atoms with Crippen LogP contribution in [0.2, 0.25) is 5.02 Å². The van der Waals surface area contributed by atoms with Crippen molar-refractivity contribution >= 4 is 43.5 Å². The quantitative estimate of drug-likeness (QED) is 0.426. The van der Waals surface area contributed by atoms with E-state index in [1.807, 2.05) is 18.2 Å². The Hall–Kier alpha value is -2.19. The third kappa shape index (κ3) is 5.66. The van der Waals surface area contributed by atoms with Crippen molar-refractivity contribution in [2.45, 2.75) is 36.7 Å². The van der Waals surface area contributed by atoms with Crippen LogP contribution in [-0.4, -0.2) is 25.2 Å². The first-order valence-electron chi connectivity index (χ1n) is 10.7. The molecule has 3 aromatic rings. The Morgan fingerprint density at radius 1 is 1.03 bits per heavy atom. The molecule has 1 atom stereocenters. The molecule has 0 radical (unpaired) electrons. The van der Waals surface area contributed by atoms with Crippen molar-refractivity contribution in [3.05, 3.63) is 99.0 Å². The summed E-state index contributed by atoms with van der Waals surface area (Å²) in [6.45, 7) is -0.310. The molecule has 0 heterocycles. The van der Waals surface area contributed by atoms with Gasteiger partial charge < -0.3 is 5.32 Å². The van der Waals surface area contributed by atoms with Crippen LogP contribution in [0.4, 0.5) is 0 Å². The van der Waals surface area contributed by atoms with E-state index in [0.717, 1.165) is 29.3 Å². The van der Waals surface area contributed by atoms with Crippen molar-refractivity contribution in [1.82, 2.24) is 9.62 Å². The second-order valence-corrected chi connectivity index (χ2v) is 11.3. The van der Waals surface area contributed by atoms with Crippen molar-refractivity contribution in [3.63, 3.8) is 0 Å². The number of nitrogens with zero attached hydrogens (tertiary/aromatic N) is 1. The van der Waals surface area contributed by atoms with Gasteiger partial charge >= 0.3 is 0 Å². The zero-order valence-electron chi connectivity index (χ0n) is 17.9. The number of fused-ring (bicyclic) bond motifs is 1.